The van der Waals surface area contributed by atoms with E-state index in [1.165, 1.54) is 0 Å². The molecular formula is C14H23N3O2. The van der Waals surface area contributed by atoms with Gasteiger partial charge in [0.15, 0.2) is 0 Å². The molecule has 0 aromatic heterocycles. The Kier molecular flexibility index (Phi) is 6.92. The molecule has 5 heteroatoms. The van der Waals surface area contributed by atoms with E-state index in [2.05, 4.69) is 11.8 Å². The van der Waals surface area contributed by atoms with E-state index in [1.807, 2.05) is 12.1 Å². The van der Waals surface area contributed by atoms with Crippen molar-refractivity contribution in [1.82, 2.24) is 4.90 Å². The summed E-state index contributed by atoms with van der Waals surface area (Å²) in [7, 11) is 1.71. The summed E-state index contributed by atoms with van der Waals surface area (Å²) in [6, 6.07) is 7.25. The third-order valence-electron chi connectivity index (χ3n) is 2.90. The molecule has 1 aromatic rings. The summed E-state index contributed by atoms with van der Waals surface area (Å²) in [4.78, 5) is 2.27. The number of nitrogens with two attached hydrogens (primary N) is 1. The highest BCUT2D eigenvalue weighted by Gasteiger charge is 2.02. The van der Waals surface area contributed by atoms with Gasteiger partial charge in [-0.25, -0.2) is 0 Å². The zero-order valence-corrected chi connectivity index (χ0v) is 11.7. The fourth-order valence-corrected chi connectivity index (χ4v) is 1.67. The molecule has 0 aliphatic heterocycles. The molecule has 3 N–H and O–H groups in total. The maximum atomic E-state index is 7.31. The van der Waals surface area contributed by atoms with E-state index in [0.717, 1.165) is 32.0 Å². The predicted molar refractivity (Wildman–Crippen MR) is 76.9 cm³/mol. The van der Waals surface area contributed by atoms with Gasteiger partial charge < -0.3 is 15.2 Å². The summed E-state index contributed by atoms with van der Waals surface area (Å²) in [5.41, 5.74) is 6.10. The van der Waals surface area contributed by atoms with Gasteiger partial charge in [-0.2, -0.15) is 0 Å². The number of nitrogen functional groups attached to an aromatic ring is 1. The van der Waals surface area contributed by atoms with E-state index in [9.17, 15) is 0 Å². The van der Waals surface area contributed by atoms with Gasteiger partial charge in [-0.1, -0.05) is 6.92 Å². The first-order valence-electron chi connectivity index (χ1n) is 6.46. The van der Waals surface area contributed by atoms with Gasteiger partial charge in [-0.3, -0.25) is 10.3 Å². The van der Waals surface area contributed by atoms with Crippen LogP contribution in [0, 0.1) is 5.41 Å². The maximum absolute atomic E-state index is 7.31. The minimum Gasteiger partial charge on any atom is -0.492 e. The molecule has 106 valence electrons. The first-order chi connectivity index (χ1) is 9.17. The van der Waals surface area contributed by atoms with Gasteiger partial charge >= 0.3 is 0 Å². The molecule has 1 aromatic carbocycles. The van der Waals surface area contributed by atoms with Crippen LogP contribution in [0.2, 0.25) is 0 Å². The van der Waals surface area contributed by atoms with Crippen LogP contribution in [0.15, 0.2) is 24.3 Å². The van der Waals surface area contributed by atoms with E-state index in [-0.39, 0.29) is 5.84 Å². The van der Waals surface area contributed by atoms with Crippen LogP contribution in [-0.2, 0) is 4.74 Å². The zero-order valence-electron chi connectivity index (χ0n) is 11.7. The highest BCUT2D eigenvalue weighted by molar-refractivity contribution is 5.94. The Morgan fingerprint density at radius 1 is 1.21 bits per heavy atom. The molecule has 0 saturated heterocycles. The van der Waals surface area contributed by atoms with Crippen molar-refractivity contribution in [2.24, 2.45) is 5.73 Å². The summed E-state index contributed by atoms with van der Waals surface area (Å²) in [6.45, 7) is 6.26. The standard InChI is InChI=1S/C14H23N3O2/c1-3-17(8-10-18-2)9-11-19-13-6-4-12(5-7-13)14(15)16/h4-7H,3,8-11H2,1-2H3,(H3,15,16). The van der Waals surface area contributed by atoms with Crippen molar-refractivity contribution in [3.05, 3.63) is 29.8 Å². The molecular weight excluding hydrogens is 242 g/mol. The fraction of sp³-hybridized carbons (Fsp3) is 0.500. The molecule has 0 unspecified atom stereocenters. The average Bonchev–Trinajstić information content (AvgIpc) is 2.43. The van der Waals surface area contributed by atoms with Crippen molar-refractivity contribution < 1.29 is 9.47 Å². The average molecular weight is 265 g/mol. The van der Waals surface area contributed by atoms with Crippen molar-refractivity contribution in [2.45, 2.75) is 6.92 Å². The minimum atomic E-state index is 0.0725. The number of hydrogen-bond donors (Lipinski definition) is 2. The summed E-state index contributed by atoms with van der Waals surface area (Å²) in [5.74, 6) is 0.871. The van der Waals surface area contributed by atoms with Crippen LogP contribution in [0.3, 0.4) is 0 Å². The van der Waals surface area contributed by atoms with E-state index < -0.39 is 0 Å². The number of amidine groups is 1. The van der Waals surface area contributed by atoms with Gasteiger partial charge in [-0.15, -0.1) is 0 Å². The first kappa shape index (κ1) is 15.5. The quantitative estimate of drug-likeness (QED) is 0.522. The van der Waals surface area contributed by atoms with Crippen molar-refractivity contribution in [2.75, 3.05) is 40.0 Å². The monoisotopic (exact) mass is 265 g/mol. The van der Waals surface area contributed by atoms with Gasteiger partial charge in [0, 0.05) is 25.8 Å². The summed E-state index contributed by atoms with van der Waals surface area (Å²) in [5, 5.41) is 7.31. The Bertz CT molecular complexity index is 379. The molecule has 0 amide bonds. The molecule has 0 fully saturated rings. The Labute approximate surface area is 114 Å². The normalized spacial score (nSPS) is 10.7. The summed E-state index contributed by atoms with van der Waals surface area (Å²) >= 11 is 0. The fourth-order valence-electron chi connectivity index (χ4n) is 1.67. The second-order valence-electron chi connectivity index (χ2n) is 4.21. The van der Waals surface area contributed by atoms with E-state index in [0.29, 0.717) is 12.2 Å². The lowest BCUT2D eigenvalue weighted by molar-refractivity contribution is 0.138. The SMILES string of the molecule is CCN(CCOC)CCOc1ccc(C(=N)N)cc1. The number of benzene rings is 1. The van der Waals surface area contributed by atoms with Gasteiger partial charge in [0.05, 0.1) is 6.61 Å². The third-order valence-corrected chi connectivity index (χ3v) is 2.90. The molecule has 1 rings (SSSR count). The second kappa shape index (κ2) is 8.50. The lowest BCUT2D eigenvalue weighted by atomic mass is 10.2. The Morgan fingerprint density at radius 2 is 1.84 bits per heavy atom. The van der Waals surface area contributed by atoms with Crippen molar-refractivity contribution in [1.29, 1.82) is 5.41 Å². The number of methoxy groups -OCH3 is 1. The molecule has 0 aliphatic rings. The number of likely N-dealkylation sites (N-methyl/N-ethyl adjacent to an activating group) is 1. The van der Waals surface area contributed by atoms with E-state index in [1.54, 1.807) is 19.2 Å². The molecule has 0 atom stereocenters. The van der Waals surface area contributed by atoms with Gasteiger partial charge in [-0.05, 0) is 30.8 Å². The number of rotatable bonds is 9. The van der Waals surface area contributed by atoms with Crippen molar-refractivity contribution >= 4 is 5.84 Å². The Morgan fingerprint density at radius 3 is 2.37 bits per heavy atom. The lowest BCUT2D eigenvalue weighted by Gasteiger charge is -2.19. The largest absolute Gasteiger partial charge is 0.492 e. The topological polar surface area (TPSA) is 71.6 Å². The first-order valence-corrected chi connectivity index (χ1v) is 6.46. The van der Waals surface area contributed by atoms with Gasteiger partial charge in [0.25, 0.3) is 0 Å². The van der Waals surface area contributed by atoms with E-state index in [4.69, 9.17) is 20.6 Å². The van der Waals surface area contributed by atoms with Crippen LogP contribution in [0.25, 0.3) is 0 Å². The summed E-state index contributed by atoms with van der Waals surface area (Å²) in [6.07, 6.45) is 0. The molecule has 0 radical (unpaired) electrons. The van der Waals surface area contributed by atoms with Gasteiger partial charge in [0.1, 0.15) is 18.2 Å². The molecule has 0 saturated carbocycles. The highest BCUT2D eigenvalue weighted by Crippen LogP contribution is 2.11. The third kappa shape index (κ3) is 5.72. The number of nitrogens with one attached hydrogen (secondary N) is 1. The van der Waals surface area contributed by atoms with Crippen LogP contribution in [0.4, 0.5) is 0 Å². The van der Waals surface area contributed by atoms with Crippen LogP contribution in [0.5, 0.6) is 5.75 Å². The Balaban J connectivity index is 2.33. The van der Waals surface area contributed by atoms with Crippen molar-refractivity contribution in [3.63, 3.8) is 0 Å². The number of hydrogen-bond acceptors (Lipinski definition) is 4. The highest BCUT2D eigenvalue weighted by atomic mass is 16.5. The van der Waals surface area contributed by atoms with Gasteiger partial charge in [0.2, 0.25) is 0 Å². The second-order valence-corrected chi connectivity index (χ2v) is 4.21. The molecule has 0 bridgehead atoms. The van der Waals surface area contributed by atoms with E-state index >= 15 is 0 Å². The number of ether oxygens (including phenoxy) is 2. The minimum absolute atomic E-state index is 0.0725. The lowest BCUT2D eigenvalue weighted by Crippen LogP contribution is -2.31. The zero-order chi connectivity index (χ0) is 14.1. The van der Waals surface area contributed by atoms with Crippen LogP contribution in [0.1, 0.15) is 12.5 Å². The Hall–Kier alpha value is -1.59. The maximum Gasteiger partial charge on any atom is 0.122 e. The van der Waals surface area contributed by atoms with Crippen LogP contribution < -0.4 is 10.5 Å². The smallest absolute Gasteiger partial charge is 0.122 e. The molecule has 0 aliphatic carbocycles. The van der Waals surface area contributed by atoms with Crippen molar-refractivity contribution in [3.8, 4) is 5.75 Å². The molecule has 19 heavy (non-hydrogen) atoms. The van der Waals surface area contributed by atoms with Crippen LogP contribution in [-0.4, -0.2) is 50.7 Å². The molecule has 5 nitrogen and oxygen atoms in total. The summed E-state index contributed by atoms with van der Waals surface area (Å²) < 4.78 is 10.7. The predicted octanol–water partition coefficient (Wildman–Crippen LogP) is 1.32. The molecule has 0 heterocycles. The molecule has 0 spiro atoms. The van der Waals surface area contributed by atoms with Crippen LogP contribution >= 0.6 is 0 Å². The number of nitrogens with zero attached hydrogens (tertiary/aromatic N) is 1.